The third-order valence-electron chi connectivity index (χ3n) is 3.83. The van der Waals surface area contributed by atoms with Gasteiger partial charge in [-0.3, -0.25) is 4.68 Å². The lowest BCUT2D eigenvalue weighted by molar-refractivity contribution is 0.128. The van der Waals surface area contributed by atoms with Crippen LogP contribution in [0.15, 0.2) is 36.5 Å². The van der Waals surface area contributed by atoms with Crippen LogP contribution in [0.25, 0.3) is 0 Å². The minimum Gasteiger partial charge on any atom is -0.493 e. The Morgan fingerprint density at radius 2 is 1.95 bits per heavy atom. The number of methoxy groups -OCH3 is 1. The lowest BCUT2D eigenvalue weighted by Crippen LogP contribution is -2.16. The lowest BCUT2D eigenvalue weighted by atomic mass is 9.89. The second-order valence-corrected chi connectivity index (χ2v) is 5.19. The molecule has 2 aromatic rings. The maximum atomic E-state index is 10.9. The Bertz CT molecular complexity index is 551. The molecule has 2 unspecified atom stereocenters. The lowest BCUT2D eigenvalue weighted by Gasteiger charge is -2.23. The van der Waals surface area contributed by atoms with Crippen LogP contribution in [-0.2, 0) is 6.54 Å². The predicted molar refractivity (Wildman–Crippen MR) is 83.5 cm³/mol. The third kappa shape index (κ3) is 3.27. The molecule has 4 nitrogen and oxygen atoms in total. The van der Waals surface area contributed by atoms with Gasteiger partial charge in [-0.15, -0.1) is 0 Å². The van der Waals surface area contributed by atoms with E-state index in [1.54, 1.807) is 13.3 Å². The Hall–Kier alpha value is -1.81. The monoisotopic (exact) mass is 288 g/mol. The Labute approximate surface area is 126 Å². The molecular formula is C17H24N2O2. The minimum atomic E-state index is -0.624. The van der Waals surface area contributed by atoms with Gasteiger partial charge in [0, 0.05) is 12.5 Å². The zero-order valence-electron chi connectivity index (χ0n) is 13.0. The molecule has 0 bridgehead atoms. The van der Waals surface area contributed by atoms with Crippen molar-refractivity contribution in [3.05, 3.63) is 47.8 Å². The topological polar surface area (TPSA) is 47.3 Å². The molecule has 1 aromatic carbocycles. The van der Waals surface area contributed by atoms with E-state index in [2.05, 4.69) is 31.1 Å². The van der Waals surface area contributed by atoms with Crippen LogP contribution in [-0.4, -0.2) is 22.0 Å². The van der Waals surface area contributed by atoms with Crippen molar-refractivity contribution in [2.75, 3.05) is 7.11 Å². The molecule has 0 amide bonds. The summed E-state index contributed by atoms with van der Waals surface area (Å²) in [7, 11) is 1.62. The van der Waals surface area contributed by atoms with Crippen molar-refractivity contribution >= 4 is 0 Å². The maximum Gasteiger partial charge on any atom is 0.162 e. The normalized spacial score (nSPS) is 13.9. The van der Waals surface area contributed by atoms with Crippen LogP contribution in [0.5, 0.6) is 5.75 Å². The van der Waals surface area contributed by atoms with Gasteiger partial charge in [0.15, 0.2) is 5.75 Å². The average Bonchev–Trinajstić information content (AvgIpc) is 2.92. The SMILES string of the molecule is CCCn1ncc(OC)c1C(O)C(CC)c1ccccc1. The van der Waals surface area contributed by atoms with Crippen molar-refractivity contribution in [2.45, 2.75) is 45.3 Å². The highest BCUT2D eigenvalue weighted by molar-refractivity contribution is 5.31. The number of ether oxygens (including phenoxy) is 1. The summed E-state index contributed by atoms with van der Waals surface area (Å²) in [6.07, 6.45) is 2.88. The van der Waals surface area contributed by atoms with E-state index in [1.807, 2.05) is 22.9 Å². The quantitative estimate of drug-likeness (QED) is 0.848. The molecule has 0 aliphatic heterocycles. The zero-order valence-corrected chi connectivity index (χ0v) is 13.0. The molecule has 0 aliphatic rings. The predicted octanol–water partition coefficient (Wildman–Crippen LogP) is 3.53. The van der Waals surface area contributed by atoms with Crippen LogP contribution in [0.2, 0.25) is 0 Å². The first kappa shape index (κ1) is 15.6. The fourth-order valence-electron chi connectivity index (χ4n) is 2.76. The first-order valence-electron chi connectivity index (χ1n) is 7.55. The standard InChI is InChI=1S/C17H24N2O2/c1-4-11-19-16(15(21-3)12-18-19)17(20)14(5-2)13-9-7-6-8-10-13/h6-10,12,14,17,20H,4-5,11H2,1-3H3. The molecule has 2 rings (SSSR count). The summed E-state index contributed by atoms with van der Waals surface area (Å²) in [5.41, 5.74) is 1.91. The Balaban J connectivity index is 2.37. The van der Waals surface area contributed by atoms with Gasteiger partial charge >= 0.3 is 0 Å². The summed E-state index contributed by atoms with van der Waals surface area (Å²) in [5, 5.41) is 15.2. The molecule has 0 radical (unpaired) electrons. The number of aromatic nitrogens is 2. The summed E-state index contributed by atoms with van der Waals surface area (Å²) < 4.78 is 7.24. The molecule has 0 saturated carbocycles. The third-order valence-corrected chi connectivity index (χ3v) is 3.83. The number of aryl methyl sites for hydroxylation is 1. The van der Waals surface area contributed by atoms with Crippen molar-refractivity contribution < 1.29 is 9.84 Å². The van der Waals surface area contributed by atoms with Gasteiger partial charge in [-0.2, -0.15) is 5.10 Å². The van der Waals surface area contributed by atoms with E-state index in [-0.39, 0.29) is 5.92 Å². The van der Waals surface area contributed by atoms with Crippen molar-refractivity contribution in [1.29, 1.82) is 0 Å². The first-order chi connectivity index (χ1) is 10.2. The number of hydrogen-bond donors (Lipinski definition) is 1. The second kappa shape index (κ2) is 7.27. The average molecular weight is 288 g/mol. The highest BCUT2D eigenvalue weighted by atomic mass is 16.5. The van der Waals surface area contributed by atoms with Crippen molar-refractivity contribution in [3.8, 4) is 5.75 Å². The number of aliphatic hydroxyl groups excluding tert-OH is 1. The van der Waals surface area contributed by atoms with Crippen LogP contribution in [0.4, 0.5) is 0 Å². The molecule has 114 valence electrons. The van der Waals surface area contributed by atoms with Gasteiger partial charge in [0.25, 0.3) is 0 Å². The van der Waals surface area contributed by atoms with Crippen molar-refractivity contribution in [3.63, 3.8) is 0 Å². The molecule has 21 heavy (non-hydrogen) atoms. The second-order valence-electron chi connectivity index (χ2n) is 5.19. The summed E-state index contributed by atoms with van der Waals surface area (Å²) in [5.74, 6) is 0.692. The van der Waals surface area contributed by atoms with Crippen molar-refractivity contribution in [1.82, 2.24) is 9.78 Å². The van der Waals surface area contributed by atoms with Crippen LogP contribution in [0.1, 0.15) is 50.0 Å². The van der Waals surface area contributed by atoms with Gasteiger partial charge in [-0.25, -0.2) is 0 Å². The molecule has 0 spiro atoms. The van der Waals surface area contributed by atoms with E-state index in [4.69, 9.17) is 4.74 Å². The molecule has 1 heterocycles. The first-order valence-corrected chi connectivity index (χ1v) is 7.55. The molecule has 1 N–H and O–H groups in total. The van der Waals surface area contributed by atoms with Gasteiger partial charge in [0.05, 0.1) is 13.3 Å². The molecule has 4 heteroatoms. The summed E-state index contributed by atoms with van der Waals surface area (Å²) >= 11 is 0. The minimum absolute atomic E-state index is 0.0346. The fraction of sp³-hybridized carbons (Fsp3) is 0.471. The van der Waals surface area contributed by atoms with Gasteiger partial charge in [-0.1, -0.05) is 44.2 Å². The Kier molecular flexibility index (Phi) is 5.39. The highest BCUT2D eigenvalue weighted by Gasteiger charge is 2.27. The molecule has 0 saturated heterocycles. The van der Waals surface area contributed by atoms with E-state index in [0.29, 0.717) is 5.75 Å². The summed E-state index contributed by atoms with van der Waals surface area (Å²) in [6, 6.07) is 10.1. The number of hydrogen-bond acceptors (Lipinski definition) is 3. The van der Waals surface area contributed by atoms with E-state index >= 15 is 0 Å². The summed E-state index contributed by atoms with van der Waals surface area (Å²) in [4.78, 5) is 0. The van der Waals surface area contributed by atoms with Gasteiger partial charge in [0.2, 0.25) is 0 Å². The number of nitrogens with zero attached hydrogens (tertiary/aromatic N) is 2. The molecule has 0 fully saturated rings. The van der Waals surface area contributed by atoms with Crippen LogP contribution >= 0.6 is 0 Å². The van der Waals surface area contributed by atoms with Crippen LogP contribution < -0.4 is 4.74 Å². The van der Waals surface area contributed by atoms with Crippen molar-refractivity contribution in [2.24, 2.45) is 0 Å². The number of aliphatic hydroxyl groups is 1. The summed E-state index contributed by atoms with van der Waals surface area (Å²) in [6.45, 7) is 4.97. The highest BCUT2D eigenvalue weighted by Crippen LogP contribution is 2.37. The zero-order chi connectivity index (χ0) is 15.2. The van der Waals surface area contributed by atoms with E-state index in [0.717, 1.165) is 30.6 Å². The fourth-order valence-corrected chi connectivity index (χ4v) is 2.76. The van der Waals surface area contributed by atoms with Crippen LogP contribution in [0, 0.1) is 0 Å². The molecular weight excluding hydrogens is 264 g/mol. The van der Waals surface area contributed by atoms with E-state index in [1.165, 1.54) is 0 Å². The Morgan fingerprint density at radius 3 is 2.52 bits per heavy atom. The molecule has 2 atom stereocenters. The smallest absolute Gasteiger partial charge is 0.162 e. The van der Waals surface area contributed by atoms with E-state index in [9.17, 15) is 5.11 Å². The van der Waals surface area contributed by atoms with Gasteiger partial charge < -0.3 is 9.84 Å². The van der Waals surface area contributed by atoms with Gasteiger partial charge in [0.1, 0.15) is 11.8 Å². The maximum absolute atomic E-state index is 10.9. The molecule has 0 aliphatic carbocycles. The largest absolute Gasteiger partial charge is 0.493 e. The number of benzene rings is 1. The Morgan fingerprint density at radius 1 is 1.24 bits per heavy atom. The molecule has 1 aromatic heterocycles. The van der Waals surface area contributed by atoms with E-state index < -0.39 is 6.10 Å². The number of rotatable bonds is 7. The van der Waals surface area contributed by atoms with Gasteiger partial charge in [-0.05, 0) is 18.4 Å². The van der Waals surface area contributed by atoms with Crippen LogP contribution in [0.3, 0.4) is 0 Å².